The van der Waals surface area contributed by atoms with E-state index >= 15 is 0 Å². The highest BCUT2D eigenvalue weighted by Gasteiger charge is 2.16. The topological polar surface area (TPSA) is 0 Å². The van der Waals surface area contributed by atoms with Crippen LogP contribution in [-0.2, 0) is 0 Å². The molecule has 0 fully saturated rings. The third kappa shape index (κ3) is 3.09. The zero-order valence-electron chi connectivity index (χ0n) is 9.11. The predicted octanol–water partition coefficient (Wildman–Crippen LogP) is 4.36. The lowest BCUT2D eigenvalue weighted by Gasteiger charge is -2.16. The lowest BCUT2D eigenvalue weighted by atomic mass is 9.91. The van der Waals surface area contributed by atoms with Crippen molar-refractivity contribution in [2.24, 2.45) is 5.92 Å². The summed E-state index contributed by atoms with van der Waals surface area (Å²) >= 11 is 0. The highest BCUT2D eigenvalue weighted by Crippen LogP contribution is 2.27. The van der Waals surface area contributed by atoms with Gasteiger partial charge >= 0.3 is 0 Å². The minimum absolute atomic E-state index is 0.0196. The third-order valence-electron chi connectivity index (χ3n) is 2.24. The lowest BCUT2D eigenvalue weighted by molar-refractivity contribution is 0.192. The molecule has 0 amide bonds. The van der Waals surface area contributed by atoms with Crippen molar-refractivity contribution < 1.29 is 8.78 Å². The second-order valence-corrected chi connectivity index (χ2v) is 3.47. The first-order valence-electron chi connectivity index (χ1n) is 4.78. The Morgan fingerprint density at radius 1 is 1.36 bits per heavy atom. The summed E-state index contributed by atoms with van der Waals surface area (Å²) in [6.45, 7) is 13.0. The van der Waals surface area contributed by atoms with Gasteiger partial charge in [-0.2, -0.15) is 0 Å². The number of hydrogen-bond donors (Lipinski definition) is 0. The van der Waals surface area contributed by atoms with E-state index in [1.54, 1.807) is 0 Å². The van der Waals surface area contributed by atoms with E-state index in [-0.39, 0.29) is 11.5 Å². The fourth-order valence-electron chi connectivity index (χ4n) is 1.31. The van der Waals surface area contributed by atoms with E-state index in [1.165, 1.54) is 6.08 Å². The molecule has 0 nitrogen and oxygen atoms in total. The van der Waals surface area contributed by atoms with Crippen molar-refractivity contribution in [3.63, 3.8) is 0 Å². The summed E-state index contributed by atoms with van der Waals surface area (Å²) in [5.41, 5.74) is 1.44. The molecule has 0 atom stereocenters. The summed E-state index contributed by atoms with van der Waals surface area (Å²) in [5.74, 6) is 0.193. The quantitative estimate of drug-likeness (QED) is 0.578. The molecular weight excluding hydrogens is 182 g/mol. The fourth-order valence-corrected chi connectivity index (χ4v) is 1.31. The molecule has 2 heteroatoms. The largest absolute Gasteiger partial charge is 0.264 e. The SMILES string of the molecule is C=C/C(=C(/CC)C(=C)C(C)C)C(F)F. The molecule has 0 heterocycles. The van der Waals surface area contributed by atoms with Gasteiger partial charge in [0.1, 0.15) is 0 Å². The summed E-state index contributed by atoms with van der Waals surface area (Å²) in [4.78, 5) is 0. The molecule has 0 rings (SSSR count). The maximum atomic E-state index is 12.6. The number of halogens is 2. The van der Waals surface area contributed by atoms with E-state index in [1.807, 2.05) is 20.8 Å². The molecule has 0 aliphatic carbocycles. The second-order valence-electron chi connectivity index (χ2n) is 3.47. The molecule has 80 valence electrons. The molecule has 0 radical (unpaired) electrons. The third-order valence-corrected chi connectivity index (χ3v) is 2.24. The molecule has 0 aromatic heterocycles. The van der Waals surface area contributed by atoms with Crippen LogP contribution < -0.4 is 0 Å². The van der Waals surface area contributed by atoms with Crippen LogP contribution in [0.15, 0.2) is 36.0 Å². The van der Waals surface area contributed by atoms with Gasteiger partial charge in [-0.15, -0.1) is 0 Å². The number of allylic oxidation sites excluding steroid dienone is 4. The van der Waals surface area contributed by atoms with Crippen molar-refractivity contribution in [2.45, 2.75) is 33.6 Å². The van der Waals surface area contributed by atoms with Gasteiger partial charge in [-0.05, 0) is 23.5 Å². The van der Waals surface area contributed by atoms with E-state index in [0.717, 1.165) is 5.57 Å². The van der Waals surface area contributed by atoms with Crippen LogP contribution in [0.5, 0.6) is 0 Å². The Morgan fingerprint density at radius 3 is 2.07 bits per heavy atom. The monoisotopic (exact) mass is 200 g/mol. The van der Waals surface area contributed by atoms with Gasteiger partial charge in [-0.25, -0.2) is 8.78 Å². The Balaban J connectivity index is 5.18. The van der Waals surface area contributed by atoms with Crippen molar-refractivity contribution in [3.05, 3.63) is 36.0 Å². The highest BCUT2D eigenvalue weighted by molar-refractivity contribution is 5.39. The van der Waals surface area contributed by atoms with Crippen LogP contribution in [0.3, 0.4) is 0 Å². The molecule has 0 aliphatic heterocycles. The molecule has 0 aliphatic rings. The van der Waals surface area contributed by atoms with Gasteiger partial charge in [-0.1, -0.05) is 40.0 Å². The average Bonchev–Trinajstić information content (AvgIpc) is 2.11. The maximum Gasteiger partial charge on any atom is 0.264 e. The predicted molar refractivity (Wildman–Crippen MR) is 57.5 cm³/mol. The molecule has 0 aromatic rings. The molecule has 0 unspecified atom stereocenters. The van der Waals surface area contributed by atoms with Crippen LogP contribution >= 0.6 is 0 Å². The van der Waals surface area contributed by atoms with Gasteiger partial charge in [0.2, 0.25) is 0 Å². The molecule has 0 saturated heterocycles. The Labute approximate surface area is 85.0 Å². The van der Waals surface area contributed by atoms with Crippen LogP contribution in [0, 0.1) is 5.92 Å². The van der Waals surface area contributed by atoms with Crippen molar-refractivity contribution >= 4 is 0 Å². The number of rotatable bonds is 5. The number of hydrogen-bond acceptors (Lipinski definition) is 0. The maximum absolute atomic E-state index is 12.6. The van der Waals surface area contributed by atoms with E-state index in [9.17, 15) is 8.78 Å². The summed E-state index contributed by atoms with van der Waals surface area (Å²) in [6.07, 6.45) is -0.655. The van der Waals surface area contributed by atoms with E-state index < -0.39 is 6.43 Å². The Bertz CT molecular complexity index is 247. The molecular formula is C12H18F2. The van der Waals surface area contributed by atoms with E-state index in [4.69, 9.17) is 0 Å². The second kappa shape index (κ2) is 5.74. The zero-order valence-corrected chi connectivity index (χ0v) is 9.11. The average molecular weight is 200 g/mol. The Kier molecular flexibility index (Phi) is 5.36. The van der Waals surface area contributed by atoms with Crippen LogP contribution in [0.2, 0.25) is 0 Å². The molecule has 0 spiro atoms. The van der Waals surface area contributed by atoms with Gasteiger partial charge in [0.25, 0.3) is 6.43 Å². The Morgan fingerprint density at radius 2 is 1.86 bits per heavy atom. The smallest absolute Gasteiger partial charge is 0.205 e. The van der Waals surface area contributed by atoms with Crippen molar-refractivity contribution in [1.82, 2.24) is 0 Å². The van der Waals surface area contributed by atoms with Crippen molar-refractivity contribution in [2.75, 3.05) is 0 Å². The van der Waals surface area contributed by atoms with Gasteiger partial charge in [0, 0.05) is 5.57 Å². The molecule has 0 bridgehead atoms. The minimum Gasteiger partial charge on any atom is -0.205 e. The minimum atomic E-state index is -2.46. The first-order valence-corrected chi connectivity index (χ1v) is 4.78. The zero-order chi connectivity index (χ0) is 11.3. The fraction of sp³-hybridized carbons (Fsp3) is 0.500. The standard InChI is InChI=1S/C12H18F2/c1-6-10(9(5)8(3)4)11(7-2)12(13)14/h7-8,12H,2,5-6H2,1,3-4H3/b11-10+. The molecule has 14 heavy (non-hydrogen) atoms. The summed E-state index contributed by atoms with van der Waals surface area (Å²) < 4.78 is 25.2. The Hall–Kier alpha value is -0.920. The van der Waals surface area contributed by atoms with Gasteiger partial charge in [-0.3, -0.25) is 0 Å². The van der Waals surface area contributed by atoms with Crippen LogP contribution in [0.4, 0.5) is 8.78 Å². The van der Waals surface area contributed by atoms with Crippen LogP contribution in [0.1, 0.15) is 27.2 Å². The summed E-state index contributed by atoms with van der Waals surface area (Å²) in [7, 11) is 0. The van der Waals surface area contributed by atoms with Crippen LogP contribution in [0.25, 0.3) is 0 Å². The first-order chi connectivity index (χ1) is 6.45. The highest BCUT2D eigenvalue weighted by atomic mass is 19.3. The number of alkyl halides is 2. The van der Waals surface area contributed by atoms with Gasteiger partial charge in [0.15, 0.2) is 0 Å². The molecule has 0 N–H and O–H groups in total. The van der Waals surface area contributed by atoms with Crippen molar-refractivity contribution in [1.29, 1.82) is 0 Å². The molecule has 0 aromatic carbocycles. The van der Waals surface area contributed by atoms with Crippen molar-refractivity contribution in [3.8, 4) is 0 Å². The normalized spacial score (nSPS) is 13.1. The van der Waals surface area contributed by atoms with E-state index in [2.05, 4.69) is 13.2 Å². The summed E-state index contributed by atoms with van der Waals surface area (Å²) in [5, 5.41) is 0. The lowest BCUT2D eigenvalue weighted by Crippen LogP contribution is -2.04. The molecule has 0 saturated carbocycles. The van der Waals surface area contributed by atoms with Gasteiger partial charge in [0.05, 0.1) is 0 Å². The van der Waals surface area contributed by atoms with Crippen LogP contribution in [-0.4, -0.2) is 6.43 Å². The first kappa shape index (κ1) is 13.1. The summed E-state index contributed by atoms with van der Waals surface area (Å²) in [6, 6.07) is 0. The van der Waals surface area contributed by atoms with E-state index in [0.29, 0.717) is 12.0 Å². The van der Waals surface area contributed by atoms with Gasteiger partial charge < -0.3 is 0 Å².